The number of ketones is 1. The summed E-state index contributed by atoms with van der Waals surface area (Å²) in [5, 5.41) is 0.491. The summed E-state index contributed by atoms with van der Waals surface area (Å²) in [7, 11) is 0. The predicted octanol–water partition coefficient (Wildman–Crippen LogP) is 3.34. The van der Waals surface area contributed by atoms with E-state index in [2.05, 4.69) is 4.98 Å². The fourth-order valence-corrected chi connectivity index (χ4v) is 1.76. The third-order valence-corrected chi connectivity index (χ3v) is 2.66. The van der Waals surface area contributed by atoms with Crippen LogP contribution in [-0.2, 0) is 0 Å². The van der Waals surface area contributed by atoms with Crippen LogP contribution in [0.2, 0.25) is 0 Å². The molecule has 0 bridgehead atoms. The molecule has 3 aromatic rings. The van der Waals surface area contributed by atoms with Crippen LogP contribution in [0.4, 0.5) is 8.78 Å². The topological polar surface area (TPSA) is 43.1 Å². The third kappa shape index (κ3) is 2.10. The number of carbonyl (C=O) groups is 1. The van der Waals surface area contributed by atoms with E-state index in [1.54, 1.807) is 0 Å². The summed E-state index contributed by atoms with van der Waals surface area (Å²) in [5.41, 5.74) is 0.479. The standard InChI is InChI=1S/C14H7F2NO2/c15-9-2-4-12-8(5-9)6-13(19-12)14(18)11-3-1-10(16)7-17-11/h1-7H. The highest BCUT2D eigenvalue weighted by molar-refractivity contribution is 6.07. The first-order valence-electron chi connectivity index (χ1n) is 5.49. The Hall–Kier alpha value is -2.56. The lowest BCUT2D eigenvalue weighted by molar-refractivity contribution is 0.101. The van der Waals surface area contributed by atoms with Gasteiger partial charge >= 0.3 is 0 Å². The van der Waals surface area contributed by atoms with Crippen molar-refractivity contribution in [2.24, 2.45) is 0 Å². The lowest BCUT2D eigenvalue weighted by atomic mass is 10.2. The van der Waals surface area contributed by atoms with E-state index >= 15 is 0 Å². The largest absolute Gasteiger partial charge is 0.453 e. The molecule has 2 heterocycles. The van der Waals surface area contributed by atoms with Crippen molar-refractivity contribution in [1.29, 1.82) is 0 Å². The molecule has 0 unspecified atom stereocenters. The Morgan fingerprint density at radius 3 is 2.58 bits per heavy atom. The molecular formula is C14H7F2NO2. The van der Waals surface area contributed by atoms with Gasteiger partial charge in [0, 0.05) is 5.39 Å². The Bertz CT molecular complexity index is 763. The Morgan fingerprint density at radius 2 is 1.84 bits per heavy atom. The third-order valence-electron chi connectivity index (χ3n) is 2.66. The second-order valence-corrected chi connectivity index (χ2v) is 3.98. The van der Waals surface area contributed by atoms with Gasteiger partial charge in [0.25, 0.3) is 0 Å². The van der Waals surface area contributed by atoms with Gasteiger partial charge < -0.3 is 4.42 Å². The fraction of sp³-hybridized carbons (Fsp3) is 0. The molecule has 0 N–H and O–H groups in total. The number of halogens is 2. The highest BCUT2D eigenvalue weighted by atomic mass is 19.1. The first kappa shape index (κ1) is 11.5. The molecule has 94 valence electrons. The molecular weight excluding hydrogens is 252 g/mol. The Balaban J connectivity index is 2.04. The quantitative estimate of drug-likeness (QED) is 0.663. The minimum Gasteiger partial charge on any atom is -0.453 e. The van der Waals surface area contributed by atoms with Crippen LogP contribution >= 0.6 is 0 Å². The van der Waals surface area contributed by atoms with Crippen LogP contribution in [0.25, 0.3) is 11.0 Å². The van der Waals surface area contributed by atoms with Crippen LogP contribution in [0, 0.1) is 11.6 Å². The number of fused-ring (bicyclic) bond motifs is 1. The molecule has 3 nitrogen and oxygen atoms in total. The zero-order valence-electron chi connectivity index (χ0n) is 9.56. The van der Waals surface area contributed by atoms with Crippen molar-refractivity contribution in [1.82, 2.24) is 4.98 Å². The van der Waals surface area contributed by atoms with Gasteiger partial charge in [-0.2, -0.15) is 0 Å². The maximum atomic E-state index is 13.0. The molecule has 0 spiro atoms. The van der Waals surface area contributed by atoms with E-state index in [1.165, 1.54) is 30.3 Å². The summed E-state index contributed by atoms with van der Waals surface area (Å²) in [4.78, 5) is 15.7. The van der Waals surface area contributed by atoms with Crippen molar-refractivity contribution in [3.05, 3.63) is 65.7 Å². The zero-order chi connectivity index (χ0) is 13.4. The van der Waals surface area contributed by atoms with Gasteiger partial charge in [-0.25, -0.2) is 13.8 Å². The Morgan fingerprint density at radius 1 is 1.05 bits per heavy atom. The van der Waals surface area contributed by atoms with Crippen molar-refractivity contribution in [2.45, 2.75) is 0 Å². The summed E-state index contributed by atoms with van der Waals surface area (Å²) < 4.78 is 31.1. The van der Waals surface area contributed by atoms with E-state index in [4.69, 9.17) is 4.42 Å². The number of nitrogens with zero attached hydrogens (tertiary/aromatic N) is 1. The lowest BCUT2D eigenvalue weighted by Crippen LogP contribution is -2.02. The number of pyridine rings is 1. The van der Waals surface area contributed by atoms with Gasteiger partial charge in [-0.3, -0.25) is 4.79 Å². The molecule has 2 aromatic heterocycles. The maximum Gasteiger partial charge on any atom is 0.246 e. The van der Waals surface area contributed by atoms with Crippen molar-refractivity contribution >= 4 is 16.8 Å². The second-order valence-electron chi connectivity index (χ2n) is 3.98. The highest BCUT2D eigenvalue weighted by Crippen LogP contribution is 2.22. The van der Waals surface area contributed by atoms with Crippen LogP contribution in [0.3, 0.4) is 0 Å². The smallest absolute Gasteiger partial charge is 0.246 e. The van der Waals surface area contributed by atoms with Crippen molar-refractivity contribution in [2.75, 3.05) is 0 Å². The average molecular weight is 259 g/mol. The molecule has 0 aliphatic rings. The zero-order valence-corrected chi connectivity index (χ0v) is 9.56. The molecule has 0 aliphatic heterocycles. The summed E-state index contributed by atoms with van der Waals surface area (Å²) in [6.45, 7) is 0. The predicted molar refractivity (Wildman–Crippen MR) is 63.8 cm³/mol. The number of benzene rings is 1. The van der Waals surface area contributed by atoms with Crippen LogP contribution in [0.5, 0.6) is 0 Å². The molecule has 0 saturated carbocycles. The number of aromatic nitrogens is 1. The summed E-state index contributed by atoms with van der Waals surface area (Å²) in [5.74, 6) is -1.37. The Labute approximate surface area is 106 Å². The normalized spacial score (nSPS) is 10.8. The minimum atomic E-state index is -0.525. The molecule has 0 radical (unpaired) electrons. The number of carbonyl (C=O) groups excluding carboxylic acids is 1. The summed E-state index contributed by atoms with van der Waals surface area (Å²) >= 11 is 0. The fourth-order valence-electron chi connectivity index (χ4n) is 1.76. The average Bonchev–Trinajstić information content (AvgIpc) is 2.81. The maximum absolute atomic E-state index is 13.0. The molecule has 0 fully saturated rings. The van der Waals surface area contributed by atoms with E-state index in [-0.39, 0.29) is 11.5 Å². The number of rotatable bonds is 2. The van der Waals surface area contributed by atoms with Gasteiger partial charge in [0.1, 0.15) is 22.9 Å². The molecule has 1 aromatic carbocycles. The van der Waals surface area contributed by atoms with E-state index in [0.717, 1.165) is 12.3 Å². The van der Waals surface area contributed by atoms with Crippen LogP contribution in [0.1, 0.15) is 16.2 Å². The van der Waals surface area contributed by atoms with Crippen molar-refractivity contribution in [3.8, 4) is 0 Å². The minimum absolute atomic E-state index is 0.0414. The van der Waals surface area contributed by atoms with E-state index in [1.807, 2.05) is 0 Å². The van der Waals surface area contributed by atoms with Crippen LogP contribution < -0.4 is 0 Å². The van der Waals surface area contributed by atoms with Gasteiger partial charge in [0.2, 0.25) is 5.78 Å². The number of hydrogen-bond donors (Lipinski definition) is 0. The van der Waals surface area contributed by atoms with E-state index in [0.29, 0.717) is 11.0 Å². The molecule has 0 saturated heterocycles. The molecule has 3 rings (SSSR count). The summed E-state index contributed by atoms with van der Waals surface area (Å²) in [6.07, 6.45) is 0.954. The SMILES string of the molecule is O=C(c1ccc(F)cn1)c1cc2cc(F)ccc2o1. The summed E-state index contributed by atoms with van der Waals surface area (Å²) in [6, 6.07) is 7.81. The van der Waals surface area contributed by atoms with Crippen molar-refractivity contribution < 1.29 is 18.0 Å². The van der Waals surface area contributed by atoms with Gasteiger partial charge in [-0.05, 0) is 36.4 Å². The van der Waals surface area contributed by atoms with Gasteiger partial charge in [0.15, 0.2) is 5.76 Å². The van der Waals surface area contributed by atoms with Crippen LogP contribution in [0.15, 0.2) is 47.0 Å². The second kappa shape index (κ2) is 4.28. The van der Waals surface area contributed by atoms with E-state index < -0.39 is 17.4 Å². The van der Waals surface area contributed by atoms with Crippen LogP contribution in [-0.4, -0.2) is 10.8 Å². The molecule has 5 heteroatoms. The van der Waals surface area contributed by atoms with Gasteiger partial charge in [0.05, 0.1) is 6.20 Å². The monoisotopic (exact) mass is 259 g/mol. The molecule has 19 heavy (non-hydrogen) atoms. The molecule has 0 atom stereocenters. The van der Waals surface area contributed by atoms with Crippen molar-refractivity contribution in [3.63, 3.8) is 0 Å². The van der Waals surface area contributed by atoms with Gasteiger partial charge in [-0.15, -0.1) is 0 Å². The molecule has 0 aliphatic carbocycles. The van der Waals surface area contributed by atoms with Gasteiger partial charge in [-0.1, -0.05) is 0 Å². The Kier molecular flexibility index (Phi) is 2.59. The first-order chi connectivity index (χ1) is 9.13. The lowest BCUT2D eigenvalue weighted by Gasteiger charge is -1.95. The number of furan rings is 1. The number of hydrogen-bond acceptors (Lipinski definition) is 3. The highest BCUT2D eigenvalue weighted by Gasteiger charge is 2.16. The van der Waals surface area contributed by atoms with E-state index in [9.17, 15) is 13.6 Å². The first-order valence-corrected chi connectivity index (χ1v) is 5.49. The molecule has 0 amide bonds.